The van der Waals surface area contributed by atoms with E-state index in [0.717, 1.165) is 18.0 Å². The van der Waals surface area contributed by atoms with E-state index in [9.17, 15) is 0 Å². The molecule has 0 amide bonds. The highest BCUT2D eigenvalue weighted by atomic mass is 35.5. The van der Waals surface area contributed by atoms with Gasteiger partial charge in [0.2, 0.25) is 0 Å². The van der Waals surface area contributed by atoms with Gasteiger partial charge in [0.15, 0.2) is 0 Å². The fourth-order valence-electron chi connectivity index (χ4n) is 3.29. The molecule has 1 unspecified atom stereocenters. The van der Waals surface area contributed by atoms with Crippen LogP contribution < -0.4 is 5.32 Å². The number of H-pyrrole nitrogens is 1. The summed E-state index contributed by atoms with van der Waals surface area (Å²) in [7, 11) is 0. The lowest BCUT2D eigenvalue weighted by molar-refractivity contribution is 0.511. The average molecular weight is 297 g/mol. The molecule has 0 saturated heterocycles. The summed E-state index contributed by atoms with van der Waals surface area (Å²) in [4.78, 5) is 3.60. The minimum Gasteiger partial charge on any atom is -0.358 e. The molecule has 3 aromatic rings. The topological polar surface area (TPSA) is 27.8 Å². The van der Waals surface area contributed by atoms with Gasteiger partial charge in [0, 0.05) is 40.6 Å². The molecule has 3 heteroatoms. The Labute approximate surface area is 129 Å². The summed E-state index contributed by atoms with van der Waals surface area (Å²) in [5.41, 5.74) is 6.41. The normalized spacial score (nSPS) is 17.9. The van der Waals surface area contributed by atoms with Crippen molar-refractivity contribution in [3.63, 3.8) is 0 Å². The maximum absolute atomic E-state index is 6.16. The van der Waals surface area contributed by atoms with Crippen LogP contribution in [-0.2, 0) is 13.0 Å². The van der Waals surface area contributed by atoms with E-state index in [4.69, 9.17) is 11.6 Å². The number of rotatable bonds is 1. The molecule has 1 atom stereocenters. The molecule has 21 heavy (non-hydrogen) atoms. The second kappa shape index (κ2) is 4.90. The van der Waals surface area contributed by atoms with E-state index < -0.39 is 0 Å². The van der Waals surface area contributed by atoms with Crippen LogP contribution in [0.5, 0.6) is 0 Å². The summed E-state index contributed by atoms with van der Waals surface area (Å²) in [5.74, 6) is 0. The lowest BCUT2D eigenvalue weighted by atomic mass is 9.95. The number of halogens is 1. The van der Waals surface area contributed by atoms with Gasteiger partial charge in [0.25, 0.3) is 0 Å². The van der Waals surface area contributed by atoms with E-state index in [0.29, 0.717) is 6.04 Å². The molecular formula is C18H17ClN2. The molecule has 2 aromatic carbocycles. The first-order valence-electron chi connectivity index (χ1n) is 7.34. The zero-order valence-corrected chi connectivity index (χ0v) is 12.7. The fourth-order valence-corrected chi connectivity index (χ4v) is 3.48. The summed E-state index contributed by atoms with van der Waals surface area (Å²) >= 11 is 6.16. The van der Waals surface area contributed by atoms with Gasteiger partial charge in [0.05, 0.1) is 0 Å². The van der Waals surface area contributed by atoms with Crippen LogP contribution in [0.25, 0.3) is 22.0 Å². The lowest BCUT2D eigenvalue weighted by Crippen LogP contribution is -2.32. The van der Waals surface area contributed by atoms with Gasteiger partial charge in [-0.1, -0.05) is 35.9 Å². The number of aromatic amines is 1. The first-order valence-corrected chi connectivity index (χ1v) is 7.72. The molecule has 1 aliphatic heterocycles. The molecule has 0 aliphatic carbocycles. The zero-order chi connectivity index (χ0) is 14.4. The molecule has 2 nitrogen and oxygen atoms in total. The summed E-state index contributed by atoms with van der Waals surface area (Å²) in [5, 5.41) is 5.67. The second-order valence-electron chi connectivity index (χ2n) is 5.81. The zero-order valence-electron chi connectivity index (χ0n) is 11.9. The fraction of sp³-hybridized carbons (Fsp3) is 0.222. The molecule has 0 radical (unpaired) electrons. The van der Waals surface area contributed by atoms with E-state index >= 15 is 0 Å². The van der Waals surface area contributed by atoms with Gasteiger partial charge in [-0.3, -0.25) is 0 Å². The van der Waals surface area contributed by atoms with Crippen LogP contribution in [0.15, 0.2) is 42.5 Å². The lowest BCUT2D eigenvalue weighted by Gasteiger charge is -2.20. The van der Waals surface area contributed by atoms with Crippen molar-refractivity contribution < 1.29 is 0 Å². The molecule has 0 fully saturated rings. The maximum atomic E-state index is 6.16. The van der Waals surface area contributed by atoms with Gasteiger partial charge in [-0.25, -0.2) is 0 Å². The predicted molar refractivity (Wildman–Crippen MR) is 88.8 cm³/mol. The monoisotopic (exact) mass is 296 g/mol. The second-order valence-corrected chi connectivity index (χ2v) is 6.24. The van der Waals surface area contributed by atoms with Crippen LogP contribution in [0, 0.1) is 0 Å². The van der Waals surface area contributed by atoms with Crippen molar-refractivity contribution in [2.45, 2.75) is 25.9 Å². The third kappa shape index (κ3) is 2.15. The van der Waals surface area contributed by atoms with Gasteiger partial charge < -0.3 is 10.3 Å². The van der Waals surface area contributed by atoms with Crippen LogP contribution in [0.4, 0.5) is 0 Å². The van der Waals surface area contributed by atoms with Gasteiger partial charge >= 0.3 is 0 Å². The van der Waals surface area contributed by atoms with Crippen molar-refractivity contribution in [2.75, 3.05) is 0 Å². The Kier molecular flexibility index (Phi) is 3.02. The van der Waals surface area contributed by atoms with Crippen molar-refractivity contribution in [1.82, 2.24) is 10.3 Å². The van der Waals surface area contributed by atoms with Crippen LogP contribution in [0.1, 0.15) is 18.2 Å². The Bertz CT molecular complexity index is 819. The van der Waals surface area contributed by atoms with Crippen molar-refractivity contribution >= 4 is 22.5 Å². The van der Waals surface area contributed by atoms with E-state index in [-0.39, 0.29) is 0 Å². The van der Waals surface area contributed by atoms with Crippen LogP contribution in [0.3, 0.4) is 0 Å². The van der Waals surface area contributed by atoms with Crippen molar-refractivity contribution in [3.05, 3.63) is 58.7 Å². The Morgan fingerprint density at radius 2 is 2.00 bits per heavy atom. The minimum atomic E-state index is 0.528. The molecule has 0 bridgehead atoms. The summed E-state index contributed by atoms with van der Waals surface area (Å²) < 4.78 is 0. The molecule has 1 aromatic heterocycles. The van der Waals surface area contributed by atoms with Gasteiger partial charge in [-0.2, -0.15) is 0 Å². The summed E-state index contributed by atoms with van der Waals surface area (Å²) in [6, 6.07) is 15.1. The first-order chi connectivity index (χ1) is 10.2. The van der Waals surface area contributed by atoms with Gasteiger partial charge in [-0.05, 0) is 41.8 Å². The third-order valence-corrected chi connectivity index (χ3v) is 4.52. The SMILES string of the molecule is CC1Cc2[nH]c3cccc(-c4cccc(Cl)c4)c3c2CN1. The molecule has 0 saturated carbocycles. The highest BCUT2D eigenvalue weighted by molar-refractivity contribution is 6.30. The first kappa shape index (κ1) is 12.9. The van der Waals surface area contributed by atoms with E-state index in [1.165, 1.54) is 33.3 Å². The number of nitrogens with one attached hydrogen (secondary N) is 2. The number of hydrogen-bond acceptors (Lipinski definition) is 1. The molecule has 1 aliphatic rings. The van der Waals surface area contributed by atoms with Crippen molar-refractivity contribution in [2.24, 2.45) is 0 Å². The Morgan fingerprint density at radius 1 is 1.14 bits per heavy atom. The molecule has 0 spiro atoms. The van der Waals surface area contributed by atoms with Crippen LogP contribution in [0.2, 0.25) is 5.02 Å². The highest BCUT2D eigenvalue weighted by Gasteiger charge is 2.21. The number of benzene rings is 2. The largest absolute Gasteiger partial charge is 0.358 e. The number of hydrogen-bond donors (Lipinski definition) is 2. The number of aromatic nitrogens is 1. The van der Waals surface area contributed by atoms with E-state index in [2.05, 4.69) is 41.5 Å². The maximum Gasteiger partial charge on any atom is 0.0465 e. The standard InChI is InChI=1S/C18H17ClN2/c1-11-8-17-15(10-20-11)18-14(6-3-7-16(18)21-17)12-4-2-5-13(19)9-12/h2-7,9,11,20-21H,8,10H2,1H3. The Morgan fingerprint density at radius 3 is 2.86 bits per heavy atom. The smallest absolute Gasteiger partial charge is 0.0465 e. The molecular weight excluding hydrogens is 280 g/mol. The van der Waals surface area contributed by atoms with E-state index in [1.807, 2.05) is 18.2 Å². The summed E-state index contributed by atoms with van der Waals surface area (Å²) in [6.45, 7) is 3.15. The third-order valence-electron chi connectivity index (χ3n) is 4.29. The molecule has 106 valence electrons. The average Bonchev–Trinajstić information content (AvgIpc) is 2.84. The molecule has 4 rings (SSSR count). The predicted octanol–water partition coefficient (Wildman–Crippen LogP) is 4.52. The number of fused-ring (bicyclic) bond motifs is 3. The van der Waals surface area contributed by atoms with Crippen molar-refractivity contribution in [3.8, 4) is 11.1 Å². The molecule has 2 N–H and O–H groups in total. The summed E-state index contributed by atoms with van der Waals surface area (Å²) in [6.07, 6.45) is 1.05. The molecule has 2 heterocycles. The highest BCUT2D eigenvalue weighted by Crippen LogP contribution is 2.35. The van der Waals surface area contributed by atoms with Crippen LogP contribution >= 0.6 is 11.6 Å². The van der Waals surface area contributed by atoms with Crippen LogP contribution in [-0.4, -0.2) is 11.0 Å². The van der Waals surface area contributed by atoms with Gasteiger partial charge in [-0.15, -0.1) is 0 Å². The Hall–Kier alpha value is -1.77. The van der Waals surface area contributed by atoms with Crippen molar-refractivity contribution in [1.29, 1.82) is 0 Å². The Balaban J connectivity index is 1.98. The van der Waals surface area contributed by atoms with E-state index in [1.54, 1.807) is 0 Å². The quantitative estimate of drug-likeness (QED) is 0.679. The minimum absolute atomic E-state index is 0.528. The van der Waals surface area contributed by atoms with Gasteiger partial charge in [0.1, 0.15) is 0 Å².